The number of rotatable bonds is 2. The maximum Gasteiger partial charge on any atom is 0.0606 e. The summed E-state index contributed by atoms with van der Waals surface area (Å²) in [4.78, 5) is 0. The second kappa shape index (κ2) is 3.35. The lowest BCUT2D eigenvalue weighted by molar-refractivity contribution is 1.50. The Bertz CT molecular complexity index is 274. The van der Waals surface area contributed by atoms with Crippen molar-refractivity contribution in [3.05, 3.63) is 47.5 Å². The molecule has 0 bridgehead atoms. The van der Waals surface area contributed by atoms with Gasteiger partial charge in [0.15, 0.2) is 0 Å². The number of nitrogens with one attached hydrogen (secondary N) is 1. The zero-order chi connectivity index (χ0) is 8.27. The van der Waals surface area contributed by atoms with Gasteiger partial charge in [-0.1, -0.05) is 30.3 Å². The van der Waals surface area contributed by atoms with E-state index in [4.69, 9.17) is 17.0 Å². The second-order valence-corrected chi connectivity index (χ2v) is 2.56. The first-order chi connectivity index (χ1) is 5.24. The molecule has 0 aromatic heterocycles. The van der Waals surface area contributed by atoms with Crippen molar-refractivity contribution < 1.29 is 0 Å². The molecule has 11 heavy (non-hydrogen) atoms. The minimum absolute atomic E-state index is 0.418. The van der Waals surface area contributed by atoms with Crippen molar-refractivity contribution >= 4 is 17.3 Å². The molecule has 1 aromatic carbocycles. The Kier molecular flexibility index (Phi) is 2.44. The third kappa shape index (κ3) is 1.92. The van der Waals surface area contributed by atoms with Gasteiger partial charge in [0, 0.05) is 5.02 Å². The third-order valence-electron chi connectivity index (χ3n) is 1.36. The molecule has 1 nitrogen and oxygen atoms in total. The van der Waals surface area contributed by atoms with Crippen molar-refractivity contribution in [2.45, 2.75) is 0 Å². The Morgan fingerprint density at radius 1 is 1.36 bits per heavy atom. The Hall–Kier alpha value is -1.08. The van der Waals surface area contributed by atoms with Gasteiger partial charge in [-0.05, 0) is 23.8 Å². The predicted molar refractivity (Wildman–Crippen MR) is 48.5 cm³/mol. The van der Waals surface area contributed by atoms with Crippen LogP contribution in [-0.4, -0.2) is 5.71 Å². The maximum atomic E-state index is 7.39. The molecule has 0 unspecified atom stereocenters. The minimum atomic E-state index is 0.418. The predicted octanol–water partition coefficient (Wildman–Crippen LogP) is 2.89. The molecular weight excluding hydrogens is 158 g/mol. The molecule has 0 saturated heterocycles. The molecular formula is C9H8ClN. The molecule has 0 amide bonds. The van der Waals surface area contributed by atoms with Crippen molar-refractivity contribution in [2.24, 2.45) is 0 Å². The SMILES string of the molecule is C=CC(=N)c1ccc(Cl)cc1. The largest absolute Gasteiger partial charge is 0.300 e. The molecule has 0 saturated carbocycles. The lowest BCUT2D eigenvalue weighted by Crippen LogP contribution is -1.91. The van der Waals surface area contributed by atoms with Gasteiger partial charge >= 0.3 is 0 Å². The van der Waals surface area contributed by atoms with Crippen LogP contribution in [0.4, 0.5) is 0 Å². The second-order valence-electron chi connectivity index (χ2n) is 2.12. The summed E-state index contributed by atoms with van der Waals surface area (Å²) in [6, 6.07) is 7.11. The first kappa shape index (κ1) is 8.02. The van der Waals surface area contributed by atoms with Crippen LogP contribution in [0.25, 0.3) is 0 Å². The fourth-order valence-electron chi connectivity index (χ4n) is 0.747. The summed E-state index contributed by atoms with van der Waals surface area (Å²) in [6.07, 6.45) is 1.50. The maximum absolute atomic E-state index is 7.39. The summed E-state index contributed by atoms with van der Waals surface area (Å²) in [5.74, 6) is 0. The summed E-state index contributed by atoms with van der Waals surface area (Å²) in [7, 11) is 0. The Morgan fingerprint density at radius 2 is 1.91 bits per heavy atom. The van der Waals surface area contributed by atoms with Crippen molar-refractivity contribution in [1.82, 2.24) is 0 Å². The number of benzene rings is 1. The molecule has 0 aliphatic carbocycles. The zero-order valence-electron chi connectivity index (χ0n) is 5.97. The molecule has 56 valence electrons. The molecule has 1 N–H and O–H groups in total. The van der Waals surface area contributed by atoms with Gasteiger partial charge in [-0.25, -0.2) is 0 Å². The van der Waals surface area contributed by atoms with Crippen LogP contribution >= 0.6 is 11.6 Å². The van der Waals surface area contributed by atoms with Gasteiger partial charge in [-0.3, -0.25) is 0 Å². The fraction of sp³-hybridized carbons (Fsp3) is 0. The van der Waals surface area contributed by atoms with Gasteiger partial charge in [0.2, 0.25) is 0 Å². The molecule has 2 heteroatoms. The lowest BCUT2D eigenvalue weighted by Gasteiger charge is -1.96. The molecule has 0 atom stereocenters. The van der Waals surface area contributed by atoms with E-state index in [0.29, 0.717) is 10.7 Å². The first-order valence-corrected chi connectivity index (χ1v) is 3.59. The van der Waals surface area contributed by atoms with Gasteiger partial charge in [0.1, 0.15) is 0 Å². The van der Waals surface area contributed by atoms with E-state index in [-0.39, 0.29) is 0 Å². The molecule has 0 aliphatic heterocycles. The van der Waals surface area contributed by atoms with E-state index in [1.165, 1.54) is 6.08 Å². The van der Waals surface area contributed by atoms with E-state index in [9.17, 15) is 0 Å². The lowest BCUT2D eigenvalue weighted by atomic mass is 10.1. The highest BCUT2D eigenvalue weighted by Gasteiger charge is 1.94. The van der Waals surface area contributed by atoms with Crippen LogP contribution < -0.4 is 0 Å². The quantitative estimate of drug-likeness (QED) is 0.652. The van der Waals surface area contributed by atoms with E-state index in [1.54, 1.807) is 24.3 Å². The minimum Gasteiger partial charge on any atom is -0.300 e. The van der Waals surface area contributed by atoms with Crippen LogP contribution in [0.3, 0.4) is 0 Å². The zero-order valence-corrected chi connectivity index (χ0v) is 6.73. The van der Waals surface area contributed by atoms with Gasteiger partial charge in [-0.2, -0.15) is 0 Å². The summed E-state index contributed by atoms with van der Waals surface area (Å²) >= 11 is 5.66. The van der Waals surface area contributed by atoms with Crippen LogP contribution in [-0.2, 0) is 0 Å². The summed E-state index contributed by atoms with van der Waals surface area (Å²) in [5, 5.41) is 8.07. The summed E-state index contributed by atoms with van der Waals surface area (Å²) in [5.41, 5.74) is 1.26. The average Bonchev–Trinajstić information content (AvgIpc) is 2.05. The average molecular weight is 166 g/mol. The molecule has 0 radical (unpaired) electrons. The van der Waals surface area contributed by atoms with E-state index in [1.807, 2.05) is 0 Å². The Balaban J connectivity index is 2.98. The van der Waals surface area contributed by atoms with E-state index < -0.39 is 0 Å². The number of hydrogen-bond acceptors (Lipinski definition) is 1. The first-order valence-electron chi connectivity index (χ1n) is 3.21. The van der Waals surface area contributed by atoms with Crippen molar-refractivity contribution in [3.63, 3.8) is 0 Å². The molecule has 0 heterocycles. The van der Waals surface area contributed by atoms with Crippen LogP contribution in [0.15, 0.2) is 36.9 Å². The monoisotopic (exact) mass is 165 g/mol. The summed E-state index contributed by atoms with van der Waals surface area (Å²) < 4.78 is 0. The van der Waals surface area contributed by atoms with Crippen molar-refractivity contribution in [3.8, 4) is 0 Å². The van der Waals surface area contributed by atoms with E-state index in [2.05, 4.69) is 6.58 Å². The smallest absolute Gasteiger partial charge is 0.0606 e. The van der Waals surface area contributed by atoms with Crippen molar-refractivity contribution in [1.29, 1.82) is 5.41 Å². The van der Waals surface area contributed by atoms with Gasteiger partial charge in [0.25, 0.3) is 0 Å². The molecule has 0 aliphatic rings. The molecule has 0 spiro atoms. The summed E-state index contributed by atoms with van der Waals surface area (Å²) in [6.45, 7) is 3.50. The van der Waals surface area contributed by atoms with Gasteiger partial charge in [0.05, 0.1) is 5.71 Å². The molecule has 0 fully saturated rings. The van der Waals surface area contributed by atoms with Gasteiger partial charge in [-0.15, -0.1) is 0 Å². The Labute approximate surface area is 70.8 Å². The van der Waals surface area contributed by atoms with E-state index >= 15 is 0 Å². The number of hydrogen-bond donors (Lipinski definition) is 1. The normalized spacial score (nSPS) is 9.18. The number of allylic oxidation sites excluding steroid dienone is 1. The number of halogens is 1. The highest BCUT2D eigenvalue weighted by molar-refractivity contribution is 6.30. The van der Waals surface area contributed by atoms with Crippen LogP contribution in [0.1, 0.15) is 5.56 Å². The van der Waals surface area contributed by atoms with Crippen LogP contribution in [0, 0.1) is 5.41 Å². The van der Waals surface area contributed by atoms with Crippen LogP contribution in [0.5, 0.6) is 0 Å². The van der Waals surface area contributed by atoms with Gasteiger partial charge < -0.3 is 5.41 Å². The fourth-order valence-corrected chi connectivity index (χ4v) is 0.873. The molecule has 1 rings (SSSR count). The highest BCUT2D eigenvalue weighted by atomic mass is 35.5. The van der Waals surface area contributed by atoms with Crippen molar-refractivity contribution in [2.75, 3.05) is 0 Å². The van der Waals surface area contributed by atoms with E-state index in [0.717, 1.165) is 5.56 Å². The topological polar surface area (TPSA) is 23.9 Å². The highest BCUT2D eigenvalue weighted by Crippen LogP contribution is 2.09. The third-order valence-corrected chi connectivity index (χ3v) is 1.61. The Morgan fingerprint density at radius 3 is 2.36 bits per heavy atom. The molecule has 1 aromatic rings. The standard InChI is InChI=1S/C9H8ClN/c1-2-9(11)7-3-5-8(10)6-4-7/h2-6,11H,1H2. The van der Waals surface area contributed by atoms with Crippen LogP contribution in [0.2, 0.25) is 5.02 Å².